The van der Waals surface area contributed by atoms with Gasteiger partial charge >= 0.3 is 0 Å². The highest BCUT2D eigenvalue weighted by atomic mass is 127. The molecule has 0 aliphatic carbocycles. The summed E-state index contributed by atoms with van der Waals surface area (Å²) in [6.07, 6.45) is 1.50. The normalized spacial score (nSPS) is 11.0. The van der Waals surface area contributed by atoms with E-state index in [0.29, 0.717) is 25.1 Å². The van der Waals surface area contributed by atoms with Crippen molar-refractivity contribution in [2.24, 2.45) is 4.99 Å². The van der Waals surface area contributed by atoms with Crippen LogP contribution in [0.4, 0.5) is 4.39 Å². The molecular formula is C16H26BrFIN3O. The van der Waals surface area contributed by atoms with Crippen LogP contribution in [-0.2, 0) is 11.2 Å². The van der Waals surface area contributed by atoms with E-state index in [1.807, 2.05) is 19.9 Å². The first kappa shape index (κ1) is 22.6. The molecule has 0 aromatic heterocycles. The third kappa shape index (κ3) is 10.1. The highest BCUT2D eigenvalue weighted by Gasteiger charge is 2.03. The summed E-state index contributed by atoms with van der Waals surface area (Å²) < 4.78 is 19.8. The van der Waals surface area contributed by atoms with Crippen LogP contribution in [0.2, 0.25) is 0 Å². The fourth-order valence-corrected chi connectivity index (χ4v) is 2.30. The zero-order valence-electron chi connectivity index (χ0n) is 13.7. The number of rotatable bonds is 9. The smallest absolute Gasteiger partial charge is 0.191 e. The van der Waals surface area contributed by atoms with Crippen molar-refractivity contribution in [2.45, 2.75) is 26.7 Å². The fraction of sp³-hybridized carbons (Fsp3) is 0.562. The van der Waals surface area contributed by atoms with E-state index in [2.05, 4.69) is 31.6 Å². The Morgan fingerprint density at radius 3 is 2.78 bits per heavy atom. The van der Waals surface area contributed by atoms with Crippen molar-refractivity contribution >= 4 is 45.9 Å². The molecule has 0 bridgehead atoms. The van der Waals surface area contributed by atoms with Crippen LogP contribution in [0.3, 0.4) is 0 Å². The van der Waals surface area contributed by atoms with Crippen molar-refractivity contribution in [2.75, 3.05) is 32.8 Å². The van der Waals surface area contributed by atoms with Crippen LogP contribution >= 0.6 is 39.9 Å². The van der Waals surface area contributed by atoms with E-state index in [0.717, 1.165) is 36.6 Å². The Morgan fingerprint density at radius 2 is 2.09 bits per heavy atom. The van der Waals surface area contributed by atoms with Gasteiger partial charge in [0.15, 0.2) is 5.96 Å². The van der Waals surface area contributed by atoms with E-state index in [1.165, 1.54) is 6.07 Å². The predicted molar refractivity (Wildman–Crippen MR) is 108 cm³/mol. The Bertz CT molecular complexity index is 475. The van der Waals surface area contributed by atoms with Crippen molar-refractivity contribution in [3.63, 3.8) is 0 Å². The van der Waals surface area contributed by atoms with Crippen LogP contribution in [0.1, 0.15) is 25.8 Å². The molecule has 0 atom stereocenters. The number of guanidine groups is 1. The Morgan fingerprint density at radius 1 is 1.30 bits per heavy atom. The standard InChI is InChI=1S/C16H25BrFN3O.HI/c1-3-19-16(20-9-5-11-22-4-2)21-10-8-13-12-14(17)6-7-15(13)18;/h6-7,12H,3-5,8-11H2,1-2H3,(H2,19,20,21);1H. The number of benzene rings is 1. The zero-order chi connectivity index (χ0) is 16.2. The summed E-state index contributed by atoms with van der Waals surface area (Å²) in [4.78, 5) is 4.47. The zero-order valence-corrected chi connectivity index (χ0v) is 17.6. The Labute approximate surface area is 163 Å². The lowest BCUT2D eigenvalue weighted by Crippen LogP contribution is -2.38. The van der Waals surface area contributed by atoms with Crippen LogP contribution in [0.5, 0.6) is 0 Å². The van der Waals surface area contributed by atoms with Crippen molar-refractivity contribution < 1.29 is 9.13 Å². The van der Waals surface area contributed by atoms with Crippen molar-refractivity contribution in [3.8, 4) is 0 Å². The maximum Gasteiger partial charge on any atom is 0.191 e. The number of hydrogen-bond donors (Lipinski definition) is 2. The highest BCUT2D eigenvalue weighted by Crippen LogP contribution is 2.15. The van der Waals surface area contributed by atoms with Crippen LogP contribution in [-0.4, -0.2) is 38.8 Å². The maximum atomic E-state index is 13.7. The topological polar surface area (TPSA) is 45.7 Å². The van der Waals surface area contributed by atoms with Crippen LogP contribution < -0.4 is 10.6 Å². The van der Waals surface area contributed by atoms with E-state index in [1.54, 1.807) is 6.07 Å². The molecule has 2 N–H and O–H groups in total. The molecule has 1 aromatic rings. The molecule has 0 fully saturated rings. The molecule has 0 amide bonds. The number of nitrogens with one attached hydrogen (secondary N) is 2. The van der Waals surface area contributed by atoms with Crippen molar-refractivity contribution in [1.29, 1.82) is 0 Å². The quantitative estimate of drug-likeness (QED) is 0.234. The summed E-state index contributed by atoms with van der Waals surface area (Å²) in [6.45, 7) is 7.60. The molecule has 0 aliphatic heterocycles. The second-order valence-corrected chi connectivity index (χ2v) is 5.64. The molecule has 0 spiro atoms. The molecule has 1 rings (SSSR count). The van der Waals surface area contributed by atoms with Crippen molar-refractivity contribution in [1.82, 2.24) is 10.6 Å². The first-order valence-corrected chi connectivity index (χ1v) is 8.50. The lowest BCUT2D eigenvalue weighted by Gasteiger charge is -2.11. The van der Waals surface area contributed by atoms with Crippen LogP contribution in [0.25, 0.3) is 0 Å². The molecule has 7 heteroatoms. The molecule has 0 aliphatic rings. The van der Waals surface area contributed by atoms with Crippen LogP contribution in [0, 0.1) is 5.82 Å². The number of halogens is 3. The number of ether oxygens (including phenoxy) is 1. The average Bonchev–Trinajstić information content (AvgIpc) is 2.50. The number of hydrogen-bond acceptors (Lipinski definition) is 2. The summed E-state index contributed by atoms with van der Waals surface area (Å²) >= 11 is 3.36. The van der Waals surface area contributed by atoms with Gasteiger partial charge in [-0.1, -0.05) is 15.9 Å². The Balaban J connectivity index is 0.00000484. The van der Waals surface area contributed by atoms with Gasteiger partial charge in [-0.3, -0.25) is 4.99 Å². The van der Waals surface area contributed by atoms with E-state index in [9.17, 15) is 4.39 Å². The van der Waals surface area contributed by atoms with Gasteiger partial charge < -0.3 is 15.4 Å². The largest absolute Gasteiger partial charge is 0.382 e. The lowest BCUT2D eigenvalue weighted by molar-refractivity contribution is 0.146. The minimum Gasteiger partial charge on any atom is -0.382 e. The minimum atomic E-state index is -0.177. The molecule has 1 aromatic carbocycles. The van der Waals surface area contributed by atoms with E-state index >= 15 is 0 Å². The van der Waals surface area contributed by atoms with Crippen LogP contribution in [0.15, 0.2) is 27.7 Å². The van der Waals surface area contributed by atoms with Gasteiger partial charge in [-0.25, -0.2) is 4.39 Å². The molecule has 0 saturated heterocycles. The molecule has 0 unspecified atom stereocenters. The summed E-state index contributed by atoms with van der Waals surface area (Å²) in [7, 11) is 0. The van der Waals surface area contributed by atoms with Gasteiger partial charge in [0.1, 0.15) is 5.82 Å². The lowest BCUT2D eigenvalue weighted by atomic mass is 10.1. The third-order valence-corrected chi connectivity index (χ3v) is 3.45. The van der Waals surface area contributed by atoms with Gasteiger partial charge in [0, 0.05) is 37.3 Å². The third-order valence-electron chi connectivity index (χ3n) is 2.96. The van der Waals surface area contributed by atoms with E-state index in [-0.39, 0.29) is 29.8 Å². The summed E-state index contributed by atoms with van der Waals surface area (Å²) in [5, 5.41) is 6.40. The van der Waals surface area contributed by atoms with Gasteiger partial charge in [-0.2, -0.15) is 0 Å². The molecule has 23 heavy (non-hydrogen) atoms. The van der Waals surface area contributed by atoms with Gasteiger partial charge in [0.05, 0.1) is 0 Å². The second kappa shape index (κ2) is 14.0. The SMILES string of the molecule is CCNC(=NCCCOCC)NCCc1cc(Br)ccc1F.I. The summed E-state index contributed by atoms with van der Waals surface area (Å²) in [6, 6.07) is 4.99. The Kier molecular flexibility index (Phi) is 13.7. The van der Waals surface area contributed by atoms with Gasteiger partial charge in [-0.05, 0) is 50.5 Å². The molecule has 0 saturated carbocycles. The second-order valence-electron chi connectivity index (χ2n) is 4.72. The molecule has 4 nitrogen and oxygen atoms in total. The average molecular weight is 502 g/mol. The highest BCUT2D eigenvalue weighted by molar-refractivity contribution is 14.0. The van der Waals surface area contributed by atoms with E-state index < -0.39 is 0 Å². The minimum absolute atomic E-state index is 0. The maximum absolute atomic E-state index is 13.7. The van der Waals surface area contributed by atoms with Gasteiger partial charge in [0.2, 0.25) is 0 Å². The summed E-state index contributed by atoms with van der Waals surface area (Å²) in [5.41, 5.74) is 0.689. The number of nitrogens with zero attached hydrogens (tertiary/aromatic N) is 1. The molecular weight excluding hydrogens is 476 g/mol. The van der Waals surface area contributed by atoms with Crippen molar-refractivity contribution in [3.05, 3.63) is 34.1 Å². The molecule has 0 radical (unpaired) electrons. The van der Waals surface area contributed by atoms with E-state index in [4.69, 9.17) is 4.74 Å². The Hall–Kier alpha value is -0.410. The fourth-order valence-electron chi connectivity index (χ4n) is 1.89. The first-order valence-electron chi connectivity index (χ1n) is 7.71. The monoisotopic (exact) mass is 501 g/mol. The van der Waals surface area contributed by atoms with Gasteiger partial charge in [-0.15, -0.1) is 24.0 Å². The molecule has 0 heterocycles. The number of aliphatic imine (C=N–C) groups is 1. The van der Waals surface area contributed by atoms with Gasteiger partial charge in [0.25, 0.3) is 0 Å². The first-order chi connectivity index (χ1) is 10.7. The predicted octanol–water partition coefficient (Wildman–Crippen LogP) is 3.73. The molecule has 132 valence electrons. The summed E-state index contributed by atoms with van der Waals surface area (Å²) in [5.74, 6) is 0.582.